The van der Waals surface area contributed by atoms with E-state index in [0.717, 1.165) is 45.3 Å². The van der Waals surface area contributed by atoms with Gasteiger partial charge < -0.3 is 9.30 Å². The highest BCUT2D eigenvalue weighted by Crippen LogP contribution is 2.20. The molecule has 0 aliphatic heterocycles. The van der Waals surface area contributed by atoms with E-state index in [-0.39, 0.29) is 0 Å². The molecule has 3 aromatic carbocycles. The summed E-state index contributed by atoms with van der Waals surface area (Å²) in [6.07, 6.45) is 4.09. The van der Waals surface area contributed by atoms with Crippen molar-refractivity contribution < 1.29 is 4.74 Å². The van der Waals surface area contributed by atoms with E-state index in [2.05, 4.69) is 29.7 Å². The Balaban J connectivity index is 1.58. The minimum atomic E-state index is 0.576. The first kappa shape index (κ1) is 18.3. The maximum Gasteiger partial charge on any atom is 0.133 e. The summed E-state index contributed by atoms with van der Waals surface area (Å²) < 4.78 is 8.20. The number of nitrogens with zero attached hydrogens (tertiary/aromatic N) is 2. The third-order valence-corrected chi connectivity index (χ3v) is 4.90. The molecule has 0 aliphatic carbocycles. The molecule has 0 radical (unpaired) electrons. The quantitative estimate of drug-likeness (QED) is 0.390. The van der Waals surface area contributed by atoms with Crippen LogP contribution in [0.4, 0.5) is 0 Å². The van der Waals surface area contributed by atoms with Crippen LogP contribution < -0.4 is 4.74 Å². The zero-order valence-corrected chi connectivity index (χ0v) is 16.4. The van der Waals surface area contributed by atoms with Crippen molar-refractivity contribution in [1.29, 1.82) is 0 Å². The highest BCUT2D eigenvalue weighted by atomic mass is 35.5. The van der Waals surface area contributed by atoms with Crippen molar-refractivity contribution in [3.05, 3.63) is 94.8 Å². The standard InChI is InChI=1S/C24H21ClN2O/c1-18-6-2-5-9-23(18)28-17-16-27-22-8-4-3-7-21(22)26-24(27)15-12-19-10-13-20(25)14-11-19/h2-15H,16-17H2,1H3. The molecule has 0 spiro atoms. The van der Waals surface area contributed by atoms with Crippen LogP contribution in [0.1, 0.15) is 17.0 Å². The zero-order valence-electron chi connectivity index (χ0n) is 15.7. The summed E-state index contributed by atoms with van der Waals surface area (Å²) in [6, 6.07) is 24.0. The summed E-state index contributed by atoms with van der Waals surface area (Å²) in [4.78, 5) is 4.78. The molecule has 0 atom stereocenters. The lowest BCUT2D eigenvalue weighted by atomic mass is 10.2. The Morgan fingerprint density at radius 3 is 2.50 bits per heavy atom. The SMILES string of the molecule is Cc1ccccc1OCCn1c(C=Cc2ccc(Cl)cc2)nc2ccccc21. The fourth-order valence-electron chi connectivity index (χ4n) is 3.17. The number of benzene rings is 3. The highest BCUT2D eigenvalue weighted by Gasteiger charge is 2.08. The number of aromatic nitrogens is 2. The molecule has 0 unspecified atom stereocenters. The van der Waals surface area contributed by atoms with Crippen molar-refractivity contribution in [2.45, 2.75) is 13.5 Å². The van der Waals surface area contributed by atoms with Gasteiger partial charge in [0.2, 0.25) is 0 Å². The Morgan fingerprint density at radius 1 is 0.929 bits per heavy atom. The molecular weight excluding hydrogens is 368 g/mol. The smallest absolute Gasteiger partial charge is 0.133 e. The fourth-order valence-corrected chi connectivity index (χ4v) is 3.29. The highest BCUT2D eigenvalue weighted by molar-refractivity contribution is 6.30. The molecule has 3 nitrogen and oxygen atoms in total. The number of halogens is 1. The number of fused-ring (bicyclic) bond motifs is 1. The van der Waals surface area contributed by atoms with Crippen LogP contribution in [0.3, 0.4) is 0 Å². The minimum absolute atomic E-state index is 0.576. The number of para-hydroxylation sites is 3. The molecule has 28 heavy (non-hydrogen) atoms. The van der Waals surface area contributed by atoms with Crippen LogP contribution in [-0.4, -0.2) is 16.2 Å². The summed E-state index contributed by atoms with van der Waals surface area (Å²) in [5, 5.41) is 0.734. The van der Waals surface area contributed by atoms with Crippen LogP contribution in [0.5, 0.6) is 5.75 Å². The van der Waals surface area contributed by atoms with Crippen molar-refractivity contribution in [3.63, 3.8) is 0 Å². The number of ether oxygens (including phenoxy) is 1. The summed E-state index contributed by atoms with van der Waals surface area (Å²) >= 11 is 5.97. The molecule has 0 aliphatic rings. The largest absolute Gasteiger partial charge is 0.491 e. The lowest BCUT2D eigenvalue weighted by Gasteiger charge is -2.11. The lowest BCUT2D eigenvalue weighted by molar-refractivity contribution is 0.298. The summed E-state index contributed by atoms with van der Waals surface area (Å²) in [6.45, 7) is 3.35. The Labute approximate surface area is 169 Å². The van der Waals surface area contributed by atoms with Gasteiger partial charge in [0.1, 0.15) is 18.2 Å². The molecule has 1 heterocycles. The van der Waals surface area contributed by atoms with Gasteiger partial charge in [-0.15, -0.1) is 0 Å². The number of rotatable bonds is 6. The molecule has 0 bridgehead atoms. The molecule has 0 amide bonds. The average molecular weight is 389 g/mol. The van der Waals surface area contributed by atoms with Crippen LogP contribution >= 0.6 is 11.6 Å². The summed E-state index contributed by atoms with van der Waals surface area (Å²) in [5.74, 6) is 1.83. The molecule has 0 N–H and O–H groups in total. The average Bonchev–Trinajstić information content (AvgIpc) is 3.07. The number of aryl methyl sites for hydroxylation is 1. The molecule has 140 valence electrons. The predicted molar refractivity (Wildman–Crippen MR) is 117 cm³/mol. The van der Waals surface area contributed by atoms with Crippen molar-refractivity contribution in [1.82, 2.24) is 9.55 Å². The Hall–Kier alpha value is -3.04. The third-order valence-electron chi connectivity index (χ3n) is 4.64. The van der Waals surface area contributed by atoms with Gasteiger partial charge in [-0.3, -0.25) is 0 Å². The van der Waals surface area contributed by atoms with E-state index in [1.54, 1.807) is 0 Å². The second-order valence-corrected chi connectivity index (χ2v) is 7.05. The van der Waals surface area contributed by atoms with Crippen molar-refractivity contribution in [3.8, 4) is 5.75 Å². The van der Waals surface area contributed by atoms with Crippen molar-refractivity contribution in [2.24, 2.45) is 0 Å². The van der Waals surface area contributed by atoms with Gasteiger partial charge in [0, 0.05) is 5.02 Å². The monoisotopic (exact) mass is 388 g/mol. The van der Waals surface area contributed by atoms with E-state index in [1.807, 2.05) is 66.7 Å². The van der Waals surface area contributed by atoms with Gasteiger partial charge in [0.25, 0.3) is 0 Å². The Kier molecular flexibility index (Phi) is 5.45. The van der Waals surface area contributed by atoms with Crippen LogP contribution in [0.25, 0.3) is 23.2 Å². The van der Waals surface area contributed by atoms with Gasteiger partial charge in [-0.2, -0.15) is 0 Å². The normalized spacial score (nSPS) is 11.4. The summed E-state index contributed by atoms with van der Waals surface area (Å²) in [5.41, 5.74) is 4.31. The zero-order chi connectivity index (χ0) is 19.3. The van der Waals surface area contributed by atoms with Crippen LogP contribution in [0, 0.1) is 6.92 Å². The predicted octanol–water partition coefficient (Wildman–Crippen LogP) is 6.25. The first-order valence-corrected chi connectivity index (χ1v) is 9.66. The number of imidazole rings is 1. The first-order chi connectivity index (χ1) is 13.7. The van der Waals surface area contributed by atoms with Crippen LogP contribution in [0.15, 0.2) is 72.8 Å². The fraction of sp³-hybridized carbons (Fsp3) is 0.125. The maximum absolute atomic E-state index is 6.00. The topological polar surface area (TPSA) is 27.1 Å². The van der Waals surface area contributed by atoms with Gasteiger partial charge >= 0.3 is 0 Å². The molecule has 0 fully saturated rings. The van der Waals surface area contributed by atoms with Gasteiger partial charge in [-0.1, -0.05) is 60.1 Å². The van der Waals surface area contributed by atoms with Crippen molar-refractivity contribution in [2.75, 3.05) is 6.61 Å². The molecule has 0 saturated heterocycles. The van der Waals surface area contributed by atoms with Gasteiger partial charge in [0.05, 0.1) is 17.6 Å². The lowest BCUT2D eigenvalue weighted by Crippen LogP contribution is -2.10. The first-order valence-electron chi connectivity index (χ1n) is 9.28. The Bertz CT molecular complexity index is 1110. The van der Waals surface area contributed by atoms with E-state index < -0.39 is 0 Å². The van der Waals surface area contributed by atoms with Gasteiger partial charge in [-0.05, 0) is 54.5 Å². The molecule has 4 aromatic rings. The van der Waals surface area contributed by atoms with Gasteiger partial charge in [0.15, 0.2) is 0 Å². The number of hydrogen-bond donors (Lipinski definition) is 0. The van der Waals surface area contributed by atoms with E-state index in [9.17, 15) is 0 Å². The van der Waals surface area contributed by atoms with E-state index in [4.69, 9.17) is 21.3 Å². The van der Waals surface area contributed by atoms with Gasteiger partial charge in [-0.25, -0.2) is 4.98 Å². The number of hydrogen-bond acceptors (Lipinski definition) is 2. The molecule has 4 heteroatoms. The second kappa shape index (κ2) is 8.32. The Morgan fingerprint density at radius 2 is 1.68 bits per heavy atom. The van der Waals surface area contributed by atoms with E-state index in [0.29, 0.717) is 6.61 Å². The summed E-state index contributed by atoms with van der Waals surface area (Å²) in [7, 11) is 0. The van der Waals surface area contributed by atoms with E-state index >= 15 is 0 Å². The molecule has 4 rings (SSSR count). The maximum atomic E-state index is 6.00. The van der Waals surface area contributed by atoms with Crippen molar-refractivity contribution >= 4 is 34.8 Å². The van der Waals surface area contributed by atoms with Crippen LogP contribution in [0.2, 0.25) is 5.02 Å². The van der Waals surface area contributed by atoms with E-state index in [1.165, 1.54) is 0 Å². The minimum Gasteiger partial charge on any atom is -0.491 e. The molecule has 1 aromatic heterocycles. The molecule has 0 saturated carbocycles. The second-order valence-electron chi connectivity index (χ2n) is 6.61. The third kappa shape index (κ3) is 4.10. The molecular formula is C24H21ClN2O. The van der Waals surface area contributed by atoms with Crippen LogP contribution in [-0.2, 0) is 6.54 Å².